The van der Waals surface area contributed by atoms with E-state index in [9.17, 15) is 9.90 Å². The molecule has 1 rings (SSSR count). The zero-order chi connectivity index (χ0) is 74.3. The summed E-state index contributed by atoms with van der Waals surface area (Å²) >= 11 is 0. The summed E-state index contributed by atoms with van der Waals surface area (Å²) in [7, 11) is -1.59. The van der Waals surface area contributed by atoms with Gasteiger partial charge in [-0.1, -0.05) is 217 Å². The Morgan fingerprint density at radius 2 is 0.948 bits per heavy atom. The Labute approximate surface area is 597 Å². The lowest BCUT2D eigenvalue weighted by Gasteiger charge is -2.36. The zero-order valence-corrected chi connectivity index (χ0v) is 68.9. The Morgan fingerprint density at radius 3 is 1.34 bits per heavy atom. The molecule has 0 bridgehead atoms. The molecule has 1 N–H and O–H groups in total. The summed E-state index contributed by atoms with van der Waals surface area (Å²) in [5.41, 5.74) is 26.3. The van der Waals surface area contributed by atoms with Gasteiger partial charge in [-0.15, -0.1) is 0 Å². The van der Waals surface area contributed by atoms with E-state index in [1.165, 1.54) is 105 Å². The molecule has 0 heterocycles. The SMILES string of the molecule is C/C=C(\C)C(CC)C/C=C(\C)CCC=C(C)C.C/C=C(\C)CC/C=C(\C)CCC(CC)OC(C)=O.C/C=C(\C)CC/C=C(\C)CCC(O)CC.C/C=C(\C)CC/C=C(\C)COCc1ccccc1.C/C=C(\C)CC/C=C(\C)CO[Si](C)(C)C(C)(C)C.C/C=C(\C)CCCN=[N+]=[N-]. The van der Waals surface area contributed by atoms with Gasteiger partial charge in [-0.3, -0.25) is 4.79 Å². The Balaban J connectivity index is -0.000000348. The van der Waals surface area contributed by atoms with Gasteiger partial charge in [0.05, 0.1) is 25.9 Å². The molecule has 0 aliphatic carbocycles. The largest absolute Gasteiger partial charge is 0.463 e. The molecule has 8 nitrogen and oxygen atoms in total. The van der Waals surface area contributed by atoms with Crippen molar-refractivity contribution in [2.24, 2.45) is 11.0 Å². The van der Waals surface area contributed by atoms with Crippen molar-refractivity contribution in [2.75, 3.05) is 19.8 Å². The highest BCUT2D eigenvalue weighted by molar-refractivity contribution is 6.74. The Kier molecular flexibility index (Phi) is 68.4. The number of rotatable bonds is 39. The van der Waals surface area contributed by atoms with E-state index in [1.54, 1.807) is 0 Å². The van der Waals surface area contributed by atoms with Crippen LogP contribution in [0.5, 0.6) is 0 Å². The minimum atomic E-state index is -1.59. The third-order valence-corrected chi connectivity index (χ3v) is 22.3. The number of hydrogen-bond donors (Lipinski definition) is 1. The van der Waals surface area contributed by atoms with Gasteiger partial charge in [0, 0.05) is 18.4 Å². The second-order valence-corrected chi connectivity index (χ2v) is 32.9. The number of aliphatic hydroxyl groups is 1. The Morgan fingerprint density at radius 1 is 0.531 bits per heavy atom. The van der Waals surface area contributed by atoms with Crippen LogP contribution in [0.1, 0.15) is 314 Å². The average Bonchev–Trinajstić information content (AvgIpc) is 0.913. The summed E-state index contributed by atoms with van der Waals surface area (Å²) in [5, 5.41) is 13.2. The van der Waals surface area contributed by atoms with Gasteiger partial charge in [-0.05, 0) is 295 Å². The maximum Gasteiger partial charge on any atom is 0.302 e. The molecule has 550 valence electrons. The monoisotopic (exact) mass is 1350 g/mol. The van der Waals surface area contributed by atoms with E-state index in [2.05, 4.69) is 267 Å². The Bertz CT molecular complexity index is 2560. The van der Waals surface area contributed by atoms with Gasteiger partial charge >= 0.3 is 5.97 Å². The molecular formula is C87H153N3O5Si. The summed E-state index contributed by atoms with van der Waals surface area (Å²) < 4.78 is 17.1. The summed E-state index contributed by atoms with van der Waals surface area (Å²) in [6, 6.07) is 10.3. The quantitative estimate of drug-likeness (QED) is 0.0134. The van der Waals surface area contributed by atoms with Crippen LogP contribution in [0.4, 0.5) is 0 Å². The van der Waals surface area contributed by atoms with Gasteiger partial charge in [0.25, 0.3) is 0 Å². The van der Waals surface area contributed by atoms with Crippen LogP contribution in [0.3, 0.4) is 0 Å². The first kappa shape index (κ1) is 99.6. The highest BCUT2D eigenvalue weighted by Gasteiger charge is 2.37. The molecule has 0 saturated carbocycles. The number of carbonyl (C=O) groups is 1. The summed E-state index contributed by atoms with van der Waals surface area (Å²) in [6.45, 7) is 62.9. The van der Waals surface area contributed by atoms with E-state index in [0.717, 1.165) is 122 Å². The first-order valence-electron chi connectivity index (χ1n) is 37.0. The van der Waals surface area contributed by atoms with E-state index in [4.69, 9.17) is 19.4 Å². The molecule has 0 radical (unpaired) electrons. The fraction of sp³-hybridized carbons (Fsp3) is 0.644. The van der Waals surface area contributed by atoms with E-state index >= 15 is 0 Å². The van der Waals surface area contributed by atoms with Gasteiger partial charge in [0.15, 0.2) is 8.32 Å². The Hall–Kier alpha value is -5.02. The van der Waals surface area contributed by atoms with Crippen LogP contribution in [0, 0.1) is 5.92 Å². The van der Waals surface area contributed by atoms with Crippen molar-refractivity contribution in [3.63, 3.8) is 0 Å². The molecule has 1 aromatic rings. The van der Waals surface area contributed by atoms with E-state index < -0.39 is 8.32 Å². The van der Waals surface area contributed by atoms with Crippen LogP contribution in [0.25, 0.3) is 10.4 Å². The molecule has 0 amide bonds. The molecule has 0 aliphatic heterocycles. The number of esters is 1. The number of aliphatic hydroxyl groups excluding tert-OH is 1. The molecule has 96 heavy (non-hydrogen) atoms. The normalized spacial score (nSPS) is 14.1. The second kappa shape index (κ2) is 65.9. The number of allylic oxidation sites excluding steroid dienone is 22. The van der Waals surface area contributed by atoms with E-state index in [-0.39, 0.29) is 18.2 Å². The van der Waals surface area contributed by atoms with Crippen LogP contribution in [0.15, 0.2) is 175 Å². The smallest absolute Gasteiger partial charge is 0.302 e. The minimum absolute atomic E-state index is 0.0723. The lowest BCUT2D eigenvalue weighted by molar-refractivity contribution is -0.146. The topological polar surface area (TPSA) is 114 Å². The summed E-state index contributed by atoms with van der Waals surface area (Å²) in [4.78, 5) is 13.6. The molecule has 0 saturated heterocycles. The number of carbonyl (C=O) groups excluding carboxylic acids is 1. The van der Waals surface area contributed by atoms with Crippen molar-refractivity contribution in [1.29, 1.82) is 0 Å². The van der Waals surface area contributed by atoms with Crippen LogP contribution in [-0.4, -0.2) is 51.4 Å². The molecule has 1 aromatic carbocycles. The number of nitrogens with zero attached hydrogens (tertiary/aromatic N) is 3. The van der Waals surface area contributed by atoms with Crippen LogP contribution >= 0.6 is 0 Å². The van der Waals surface area contributed by atoms with E-state index in [0.29, 0.717) is 18.2 Å². The molecule has 0 fully saturated rings. The highest BCUT2D eigenvalue weighted by atomic mass is 28.4. The third-order valence-electron chi connectivity index (χ3n) is 17.8. The number of hydrogen-bond acceptors (Lipinski definition) is 6. The van der Waals surface area contributed by atoms with Crippen molar-refractivity contribution in [3.05, 3.63) is 186 Å². The van der Waals surface area contributed by atoms with Gasteiger partial charge in [0.2, 0.25) is 0 Å². The van der Waals surface area contributed by atoms with Crippen LogP contribution in [0.2, 0.25) is 18.1 Å². The molecular weight excluding hydrogens is 1200 g/mol. The van der Waals surface area contributed by atoms with E-state index in [1.807, 2.05) is 32.0 Å². The van der Waals surface area contributed by atoms with Gasteiger partial charge in [-0.25, -0.2) is 0 Å². The minimum Gasteiger partial charge on any atom is -0.463 e. The molecule has 0 aromatic heterocycles. The predicted molar refractivity (Wildman–Crippen MR) is 432 cm³/mol. The fourth-order valence-electron chi connectivity index (χ4n) is 8.63. The lowest BCUT2D eigenvalue weighted by Crippen LogP contribution is -2.41. The first-order valence-corrected chi connectivity index (χ1v) is 39.9. The lowest BCUT2D eigenvalue weighted by atomic mass is 9.92. The van der Waals surface area contributed by atoms with Crippen molar-refractivity contribution >= 4 is 14.3 Å². The number of benzene rings is 1. The molecule has 0 aliphatic rings. The van der Waals surface area contributed by atoms with Crippen LogP contribution in [-0.2, 0) is 25.3 Å². The van der Waals surface area contributed by atoms with Crippen molar-refractivity contribution in [2.45, 2.75) is 345 Å². The molecule has 9 heteroatoms. The molecule has 0 spiro atoms. The summed E-state index contributed by atoms with van der Waals surface area (Å²) in [6.07, 6.45) is 48.5. The first-order chi connectivity index (χ1) is 45.2. The second-order valence-electron chi connectivity index (χ2n) is 28.1. The van der Waals surface area contributed by atoms with Crippen molar-refractivity contribution in [3.8, 4) is 0 Å². The zero-order valence-electron chi connectivity index (χ0n) is 67.9. The van der Waals surface area contributed by atoms with Crippen molar-refractivity contribution in [1.82, 2.24) is 0 Å². The van der Waals surface area contributed by atoms with Gasteiger partial charge in [0.1, 0.15) is 6.10 Å². The van der Waals surface area contributed by atoms with Gasteiger partial charge < -0.3 is 19.0 Å². The highest BCUT2D eigenvalue weighted by Crippen LogP contribution is 2.37. The number of ether oxygens (including phenoxy) is 2. The molecule has 3 unspecified atom stereocenters. The standard InChI is InChI=1S/C17H24O.C17H30.C16H28O2.C16H32OSi.C14H26O.C7H13N3/c1-4-15(2)9-8-10-16(3)13-18-14-17-11-6-5-7-12-17;1-7-16(6)17(8-2)13-12-15(5)11-9-10-14(3)4;1-6-13(3)9-8-10-14(4)11-12-16(7-2)18-15(5)17;1-9-14(2)11-10-12-15(3)13-17-18(7,8)16(4,5)6;1-5-12(3)8-7-9-13(4)10-11-14(15)6-2;1-3-7(2)5-4-6-9-10-8/h4-7,10-12H,8-9,13-14H2,1-3H3;7,10,12,17H,8-9,11,13H2,1-6H3;6,10,16H,7-9,11-12H2,1-5H3;9,12H,10-11,13H2,1-8H3;5,9,14-15H,6-8,10-11H2,1-4H3;3H,4-6H2,1-2H3/b15-4+,16-10+;15-12+,16-7+;13-6+,14-10+;14-9+,15-12+;12-5+,13-9+;7-3+. The average molecular weight is 1350 g/mol. The summed E-state index contributed by atoms with van der Waals surface area (Å²) in [5.74, 6) is 0.561. The maximum atomic E-state index is 10.9. The maximum absolute atomic E-state index is 10.9. The number of azide groups is 1. The fourth-order valence-corrected chi connectivity index (χ4v) is 9.65. The predicted octanol–water partition coefficient (Wildman–Crippen LogP) is 28.7. The van der Waals surface area contributed by atoms with Gasteiger partial charge in [-0.2, -0.15) is 0 Å². The molecule has 3 atom stereocenters. The van der Waals surface area contributed by atoms with Crippen molar-refractivity contribution < 1.29 is 23.8 Å². The van der Waals surface area contributed by atoms with Crippen LogP contribution < -0.4 is 0 Å². The third kappa shape index (κ3) is 67.5.